The highest BCUT2D eigenvalue weighted by Crippen LogP contribution is 2.20. The highest BCUT2D eigenvalue weighted by Gasteiger charge is 2.27. The summed E-state index contributed by atoms with van der Waals surface area (Å²) in [6.07, 6.45) is 1.03. The normalized spacial score (nSPS) is 12.8. The van der Waals surface area contributed by atoms with E-state index in [1.807, 2.05) is 62.5 Å². The SMILES string of the molecule is CC(=O)N[C@@H](Cc1c[nH]c2ccccc12)C(=O)O[C@H](C)C(=O)Nc1ccc(C)cc1C. The number of aromatic nitrogens is 1. The Labute approximate surface area is 181 Å². The van der Waals surface area contributed by atoms with Gasteiger partial charge in [0.1, 0.15) is 6.04 Å². The number of rotatable bonds is 7. The van der Waals surface area contributed by atoms with Crippen LogP contribution in [-0.4, -0.2) is 34.9 Å². The van der Waals surface area contributed by atoms with Crippen LogP contribution in [0.5, 0.6) is 0 Å². The molecule has 0 bridgehead atoms. The van der Waals surface area contributed by atoms with Gasteiger partial charge in [0, 0.05) is 36.1 Å². The first-order valence-electron chi connectivity index (χ1n) is 10.2. The number of amides is 2. The lowest BCUT2D eigenvalue weighted by atomic mass is 10.0. The number of hydrogen-bond acceptors (Lipinski definition) is 4. The highest BCUT2D eigenvalue weighted by atomic mass is 16.5. The Kier molecular flexibility index (Phi) is 6.74. The number of aryl methyl sites for hydroxylation is 2. The third-order valence-corrected chi connectivity index (χ3v) is 5.06. The number of benzene rings is 2. The first-order valence-corrected chi connectivity index (χ1v) is 10.2. The number of H-pyrrole nitrogens is 1. The Morgan fingerprint density at radius 1 is 1.10 bits per heavy atom. The number of para-hydroxylation sites is 1. The zero-order valence-corrected chi connectivity index (χ0v) is 18.1. The molecular formula is C24H27N3O4. The molecule has 7 nitrogen and oxygen atoms in total. The summed E-state index contributed by atoms with van der Waals surface area (Å²) in [4.78, 5) is 40.2. The zero-order chi connectivity index (χ0) is 22.5. The summed E-state index contributed by atoms with van der Waals surface area (Å²) in [5.41, 5.74) is 4.48. The van der Waals surface area contributed by atoms with Crippen LogP contribution in [0.3, 0.4) is 0 Å². The summed E-state index contributed by atoms with van der Waals surface area (Å²) in [6.45, 7) is 6.71. The molecule has 0 unspecified atom stereocenters. The van der Waals surface area contributed by atoms with E-state index in [1.165, 1.54) is 13.8 Å². The average Bonchev–Trinajstić information content (AvgIpc) is 3.12. The number of carbonyl (C=O) groups is 3. The predicted octanol–water partition coefficient (Wildman–Crippen LogP) is 3.40. The number of anilines is 1. The number of hydrogen-bond donors (Lipinski definition) is 3. The fourth-order valence-electron chi connectivity index (χ4n) is 3.46. The number of aromatic amines is 1. The van der Waals surface area contributed by atoms with Crippen LogP contribution in [0.2, 0.25) is 0 Å². The van der Waals surface area contributed by atoms with Crippen LogP contribution in [-0.2, 0) is 25.5 Å². The minimum absolute atomic E-state index is 0.244. The fourth-order valence-corrected chi connectivity index (χ4v) is 3.46. The molecule has 2 aromatic carbocycles. The maximum atomic E-state index is 12.8. The van der Waals surface area contributed by atoms with E-state index in [-0.39, 0.29) is 12.3 Å². The number of carbonyl (C=O) groups excluding carboxylic acids is 3. The molecule has 1 aromatic heterocycles. The van der Waals surface area contributed by atoms with Gasteiger partial charge in [-0.15, -0.1) is 0 Å². The van der Waals surface area contributed by atoms with Crippen molar-refractivity contribution in [3.05, 3.63) is 65.4 Å². The van der Waals surface area contributed by atoms with E-state index < -0.39 is 24.0 Å². The number of fused-ring (bicyclic) bond motifs is 1. The molecule has 0 aliphatic carbocycles. The molecule has 0 radical (unpaired) electrons. The van der Waals surface area contributed by atoms with Crippen molar-refractivity contribution in [2.75, 3.05) is 5.32 Å². The predicted molar refractivity (Wildman–Crippen MR) is 120 cm³/mol. The molecule has 0 saturated heterocycles. The van der Waals surface area contributed by atoms with Gasteiger partial charge in [-0.3, -0.25) is 9.59 Å². The van der Waals surface area contributed by atoms with E-state index in [9.17, 15) is 14.4 Å². The molecule has 162 valence electrons. The molecule has 0 spiro atoms. The fraction of sp³-hybridized carbons (Fsp3) is 0.292. The Morgan fingerprint density at radius 2 is 1.84 bits per heavy atom. The summed E-state index contributed by atoms with van der Waals surface area (Å²) in [7, 11) is 0. The molecule has 0 aliphatic rings. The first-order chi connectivity index (χ1) is 14.7. The second-order valence-electron chi connectivity index (χ2n) is 7.70. The minimum atomic E-state index is -1.02. The maximum Gasteiger partial charge on any atom is 0.329 e. The van der Waals surface area contributed by atoms with Gasteiger partial charge in [-0.1, -0.05) is 35.9 Å². The Morgan fingerprint density at radius 3 is 2.55 bits per heavy atom. The van der Waals surface area contributed by atoms with Gasteiger partial charge < -0.3 is 20.4 Å². The van der Waals surface area contributed by atoms with Crippen LogP contribution in [0.25, 0.3) is 10.9 Å². The molecule has 3 N–H and O–H groups in total. The molecule has 7 heteroatoms. The minimum Gasteiger partial charge on any atom is -0.451 e. The largest absolute Gasteiger partial charge is 0.451 e. The Balaban J connectivity index is 1.69. The number of nitrogens with one attached hydrogen (secondary N) is 3. The van der Waals surface area contributed by atoms with Crippen molar-refractivity contribution in [2.45, 2.75) is 46.3 Å². The van der Waals surface area contributed by atoms with Crippen molar-refractivity contribution in [1.82, 2.24) is 10.3 Å². The van der Waals surface area contributed by atoms with Crippen LogP contribution in [0, 0.1) is 13.8 Å². The third-order valence-electron chi connectivity index (χ3n) is 5.06. The van der Waals surface area contributed by atoms with Gasteiger partial charge in [-0.25, -0.2) is 4.79 Å². The topological polar surface area (TPSA) is 100 Å². The molecule has 0 saturated carbocycles. The van der Waals surface area contributed by atoms with Gasteiger partial charge >= 0.3 is 5.97 Å². The standard InChI is InChI=1S/C24H27N3O4/c1-14-9-10-20(15(2)11-14)27-23(29)16(3)31-24(30)22(26-17(4)28)12-18-13-25-21-8-6-5-7-19(18)21/h5-11,13,16,22,25H,12H2,1-4H3,(H,26,28)(H,27,29)/t16-,22+/m1/s1. The third kappa shape index (κ3) is 5.51. The van der Waals surface area contributed by atoms with Crippen molar-refractivity contribution in [2.24, 2.45) is 0 Å². The molecular weight excluding hydrogens is 394 g/mol. The van der Waals surface area contributed by atoms with Gasteiger partial charge in [0.15, 0.2) is 6.10 Å². The summed E-state index contributed by atoms with van der Waals surface area (Å²) < 4.78 is 5.40. The van der Waals surface area contributed by atoms with Gasteiger partial charge in [0.2, 0.25) is 5.91 Å². The van der Waals surface area contributed by atoms with Gasteiger partial charge in [-0.2, -0.15) is 0 Å². The van der Waals surface area contributed by atoms with Gasteiger partial charge in [0.05, 0.1) is 0 Å². The molecule has 2 amide bonds. The second kappa shape index (κ2) is 9.47. The number of esters is 1. The van der Waals surface area contributed by atoms with Crippen LogP contribution in [0.15, 0.2) is 48.7 Å². The average molecular weight is 421 g/mol. The maximum absolute atomic E-state index is 12.8. The van der Waals surface area contributed by atoms with Crippen LogP contribution < -0.4 is 10.6 Å². The van der Waals surface area contributed by atoms with Gasteiger partial charge in [0.25, 0.3) is 5.91 Å². The highest BCUT2D eigenvalue weighted by molar-refractivity contribution is 5.96. The Bertz CT molecular complexity index is 1120. The molecule has 2 atom stereocenters. The lowest BCUT2D eigenvalue weighted by Crippen LogP contribution is -2.44. The molecule has 31 heavy (non-hydrogen) atoms. The molecule has 0 aliphatic heterocycles. The van der Waals surface area contributed by atoms with E-state index in [1.54, 1.807) is 0 Å². The van der Waals surface area contributed by atoms with Crippen molar-refractivity contribution in [1.29, 1.82) is 0 Å². The molecule has 0 fully saturated rings. The Hall–Kier alpha value is -3.61. The summed E-state index contributed by atoms with van der Waals surface area (Å²) >= 11 is 0. The van der Waals surface area contributed by atoms with E-state index in [4.69, 9.17) is 4.74 Å². The zero-order valence-electron chi connectivity index (χ0n) is 18.1. The van der Waals surface area contributed by atoms with Crippen LogP contribution in [0.1, 0.15) is 30.5 Å². The van der Waals surface area contributed by atoms with E-state index in [0.29, 0.717) is 5.69 Å². The smallest absolute Gasteiger partial charge is 0.329 e. The molecule has 3 aromatic rings. The van der Waals surface area contributed by atoms with E-state index >= 15 is 0 Å². The first kappa shape index (κ1) is 22.1. The molecule has 3 rings (SSSR count). The summed E-state index contributed by atoms with van der Waals surface area (Å²) in [5, 5.41) is 6.38. The lowest BCUT2D eigenvalue weighted by molar-refractivity contribution is -0.156. The van der Waals surface area contributed by atoms with E-state index in [0.717, 1.165) is 27.6 Å². The van der Waals surface area contributed by atoms with Crippen molar-refractivity contribution < 1.29 is 19.1 Å². The second-order valence-corrected chi connectivity index (χ2v) is 7.70. The monoisotopic (exact) mass is 421 g/mol. The quantitative estimate of drug-likeness (QED) is 0.509. The van der Waals surface area contributed by atoms with Gasteiger partial charge in [-0.05, 0) is 44.0 Å². The van der Waals surface area contributed by atoms with Crippen LogP contribution >= 0.6 is 0 Å². The summed E-state index contributed by atoms with van der Waals surface area (Å²) in [6, 6.07) is 12.5. The van der Waals surface area contributed by atoms with Crippen molar-refractivity contribution in [3.8, 4) is 0 Å². The van der Waals surface area contributed by atoms with Crippen molar-refractivity contribution >= 4 is 34.4 Å². The summed E-state index contributed by atoms with van der Waals surface area (Å²) in [5.74, 6) is -1.45. The number of ether oxygens (including phenoxy) is 1. The molecule has 1 heterocycles. The van der Waals surface area contributed by atoms with Crippen LogP contribution in [0.4, 0.5) is 5.69 Å². The lowest BCUT2D eigenvalue weighted by Gasteiger charge is -2.20. The van der Waals surface area contributed by atoms with Crippen molar-refractivity contribution in [3.63, 3.8) is 0 Å². The van der Waals surface area contributed by atoms with E-state index in [2.05, 4.69) is 15.6 Å².